The molecule has 2 aromatic carbocycles. The Bertz CT molecular complexity index is 819. The van der Waals surface area contributed by atoms with E-state index >= 15 is 0 Å². The maximum atomic E-state index is 5.11. The molecule has 142 valence electrons. The Labute approximate surface area is 162 Å². The van der Waals surface area contributed by atoms with Crippen molar-refractivity contribution in [2.75, 3.05) is 32.5 Å². The van der Waals surface area contributed by atoms with Crippen LogP contribution in [-0.4, -0.2) is 37.9 Å². The Morgan fingerprint density at radius 2 is 1.78 bits per heavy atom. The minimum atomic E-state index is 0.154. The minimum absolute atomic E-state index is 0.154. The summed E-state index contributed by atoms with van der Waals surface area (Å²) in [5, 5.41) is 7.20. The first-order valence-corrected chi connectivity index (χ1v) is 9.98. The highest BCUT2D eigenvalue weighted by Crippen LogP contribution is 2.40. The summed E-state index contributed by atoms with van der Waals surface area (Å²) in [6.45, 7) is 3.84. The number of hydrogen-bond acceptors (Lipinski definition) is 3. The van der Waals surface area contributed by atoms with Crippen LogP contribution in [0.5, 0.6) is 0 Å². The molecular weight excluding hydrogens is 332 g/mol. The smallest absolute Gasteiger partial charge is 0.108 e. The van der Waals surface area contributed by atoms with Gasteiger partial charge in [0.2, 0.25) is 0 Å². The van der Waals surface area contributed by atoms with Crippen LogP contribution < -0.4 is 10.6 Å². The van der Waals surface area contributed by atoms with Gasteiger partial charge in [0.15, 0.2) is 0 Å². The summed E-state index contributed by atoms with van der Waals surface area (Å²) >= 11 is 0. The first kappa shape index (κ1) is 18.2. The van der Waals surface area contributed by atoms with Crippen LogP contribution in [0.4, 0.5) is 5.69 Å². The molecule has 2 aliphatic heterocycles. The number of piperidine rings is 1. The summed E-state index contributed by atoms with van der Waals surface area (Å²) in [7, 11) is 4.22. The quantitative estimate of drug-likeness (QED) is 0.871. The molecule has 4 heteroatoms. The summed E-state index contributed by atoms with van der Waals surface area (Å²) in [6, 6.07) is 17.5. The van der Waals surface area contributed by atoms with Gasteiger partial charge in [-0.2, -0.15) is 0 Å². The fraction of sp³-hybridized carbons (Fsp3) is 0.435. The minimum Gasteiger partial charge on any atom is -0.343 e. The molecule has 4 nitrogen and oxygen atoms in total. The summed E-state index contributed by atoms with van der Waals surface area (Å²) in [5.41, 5.74) is 5.43. The van der Waals surface area contributed by atoms with E-state index in [0.717, 1.165) is 45.4 Å². The highest BCUT2D eigenvalue weighted by molar-refractivity contribution is 6.02. The fourth-order valence-electron chi connectivity index (χ4n) is 4.39. The van der Waals surface area contributed by atoms with E-state index in [2.05, 4.69) is 78.2 Å². The van der Waals surface area contributed by atoms with Gasteiger partial charge in [-0.25, -0.2) is 0 Å². The molecule has 0 bridgehead atoms. The average Bonchev–Trinajstić information content (AvgIpc) is 2.67. The van der Waals surface area contributed by atoms with E-state index in [-0.39, 0.29) is 5.41 Å². The van der Waals surface area contributed by atoms with E-state index in [9.17, 15) is 0 Å². The fourth-order valence-corrected chi connectivity index (χ4v) is 4.39. The van der Waals surface area contributed by atoms with E-state index in [1.54, 1.807) is 0 Å². The van der Waals surface area contributed by atoms with Gasteiger partial charge in [-0.15, -0.1) is 0 Å². The number of nitrogens with one attached hydrogen (secondary N) is 2. The summed E-state index contributed by atoms with van der Waals surface area (Å²) < 4.78 is 0. The highest BCUT2D eigenvalue weighted by atomic mass is 15.1. The summed E-state index contributed by atoms with van der Waals surface area (Å²) in [5.74, 6) is 1.18. The SMILES string of the molecule is CN(C)Cc1cccc(CN=C2Nc3ccccc3CC23CCNCC3)c1. The molecule has 2 N–H and O–H groups in total. The Hall–Kier alpha value is -2.17. The van der Waals surface area contributed by atoms with Gasteiger partial charge in [-0.05, 0) is 69.2 Å². The van der Waals surface area contributed by atoms with Crippen LogP contribution in [0.1, 0.15) is 29.5 Å². The first-order valence-electron chi connectivity index (χ1n) is 9.98. The normalized spacial score (nSPS) is 19.9. The van der Waals surface area contributed by atoms with Crippen molar-refractivity contribution >= 4 is 11.5 Å². The number of fused-ring (bicyclic) bond motifs is 1. The van der Waals surface area contributed by atoms with Crippen molar-refractivity contribution in [2.45, 2.75) is 32.4 Å². The van der Waals surface area contributed by atoms with E-state index in [1.807, 2.05) is 0 Å². The third-order valence-corrected chi connectivity index (χ3v) is 5.77. The second kappa shape index (κ2) is 7.83. The van der Waals surface area contributed by atoms with Gasteiger partial charge in [0.1, 0.15) is 5.84 Å². The van der Waals surface area contributed by atoms with Gasteiger partial charge in [0.05, 0.1) is 6.54 Å². The van der Waals surface area contributed by atoms with E-state index in [1.165, 1.54) is 28.2 Å². The molecular formula is C23H30N4. The number of anilines is 1. The number of hydrogen-bond donors (Lipinski definition) is 2. The van der Waals surface area contributed by atoms with Gasteiger partial charge in [-0.3, -0.25) is 4.99 Å². The molecule has 4 rings (SSSR count). The van der Waals surface area contributed by atoms with Crippen molar-refractivity contribution in [1.29, 1.82) is 0 Å². The molecule has 0 unspecified atom stereocenters. The zero-order valence-electron chi connectivity index (χ0n) is 16.5. The molecule has 1 saturated heterocycles. The number of amidine groups is 1. The predicted octanol–water partition coefficient (Wildman–Crippen LogP) is 3.68. The molecule has 2 aromatic rings. The number of rotatable bonds is 4. The number of aliphatic imine (C=N–C) groups is 1. The average molecular weight is 363 g/mol. The maximum Gasteiger partial charge on any atom is 0.108 e. The second-order valence-corrected chi connectivity index (χ2v) is 8.21. The van der Waals surface area contributed by atoms with Crippen molar-refractivity contribution in [2.24, 2.45) is 10.4 Å². The summed E-state index contributed by atoms with van der Waals surface area (Å²) in [4.78, 5) is 7.32. The molecule has 2 aliphatic rings. The molecule has 1 spiro atoms. The molecule has 0 amide bonds. The first-order chi connectivity index (χ1) is 13.1. The molecule has 0 aromatic heterocycles. The molecule has 0 saturated carbocycles. The maximum absolute atomic E-state index is 5.11. The van der Waals surface area contributed by atoms with E-state index in [0.29, 0.717) is 0 Å². The monoisotopic (exact) mass is 362 g/mol. The lowest BCUT2D eigenvalue weighted by Crippen LogP contribution is -2.48. The predicted molar refractivity (Wildman–Crippen MR) is 113 cm³/mol. The van der Waals surface area contributed by atoms with Crippen LogP contribution in [0.3, 0.4) is 0 Å². The molecule has 0 atom stereocenters. The lowest BCUT2D eigenvalue weighted by molar-refractivity contribution is 0.293. The van der Waals surface area contributed by atoms with Gasteiger partial charge in [0.25, 0.3) is 0 Å². The van der Waals surface area contributed by atoms with Crippen LogP contribution in [0.15, 0.2) is 53.5 Å². The number of para-hydroxylation sites is 1. The standard InChI is InChI=1S/C23H30N4/c1-27(2)17-19-7-5-6-18(14-19)16-25-22-23(10-12-24-13-11-23)15-20-8-3-4-9-21(20)26-22/h3-9,14,24H,10-13,15-17H2,1-2H3,(H,25,26). The topological polar surface area (TPSA) is 39.7 Å². The zero-order valence-corrected chi connectivity index (χ0v) is 16.5. The van der Waals surface area contributed by atoms with Crippen LogP contribution in [0, 0.1) is 5.41 Å². The van der Waals surface area contributed by atoms with Gasteiger partial charge < -0.3 is 15.5 Å². The van der Waals surface area contributed by atoms with Crippen molar-refractivity contribution in [3.8, 4) is 0 Å². The van der Waals surface area contributed by atoms with Crippen LogP contribution >= 0.6 is 0 Å². The molecule has 0 radical (unpaired) electrons. The van der Waals surface area contributed by atoms with Crippen molar-refractivity contribution in [1.82, 2.24) is 10.2 Å². The summed E-state index contributed by atoms with van der Waals surface area (Å²) in [6.07, 6.45) is 3.39. The van der Waals surface area contributed by atoms with Crippen LogP contribution in [-0.2, 0) is 19.5 Å². The Kier molecular flexibility index (Phi) is 5.28. The van der Waals surface area contributed by atoms with Crippen LogP contribution in [0.25, 0.3) is 0 Å². The Morgan fingerprint density at radius 3 is 2.59 bits per heavy atom. The zero-order chi connectivity index (χ0) is 18.7. The third-order valence-electron chi connectivity index (χ3n) is 5.77. The van der Waals surface area contributed by atoms with E-state index < -0.39 is 0 Å². The third kappa shape index (κ3) is 4.07. The lowest BCUT2D eigenvalue weighted by Gasteiger charge is -2.42. The second-order valence-electron chi connectivity index (χ2n) is 8.21. The molecule has 1 fully saturated rings. The molecule has 2 heterocycles. The van der Waals surface area contributed by atoms with Gasteiger partial charge in [-0.1, -0.05) is 42.5 Å². The number of nitrogens with zero attached hydrogens (tertiary/aromatic N) is 2. The van der Waals surface area contributed by atoms with Gasteiger partial charge in [0, 0.05) is 17.6 Å². The van der Waals surface area contributed by atoms with Crippen molar-refractivity contribution in [3.05, 3.63) is 65.2 Å². The molecule has 27 heavy (non-hydrogen) atoms. The van der Waals surface area contributed by atoms with E-state index in [4.69, 9.17) is 4.99 Å². The van der Waals surface area contributed by atoms with Gasteiger partial charge >= 0.3 is 0 Å². The highest BCUT2D eigenvalue weighted by Gasteiger charge is 2.40. The lowest BCUT2D eigenvalue weighted by atomic mass is 9.71. The van der Waals surface area contributed by atoms with Crippen molar-refractivity contribution < 1.29 is 0 Å². The number of benzene rings is 2. The van der Waals surface area contributed by atoms with Crippen LogP contribution in [0.2, 0.25) is 0 Å². The largest absolute Gasteiger partial charge is 0.343 e. The Morgan fingerprint density at radius 1 is 1.00 bits per heavy atom. The molecule has 0 aliphatic carbocycles. The Balaban J connectivity index is 1.60. The van der Waals surface area contributed by atoms with Crippen molar-refractivity contribution in [3.63, 3.8) is 0 Å².